The molecule has 0 saturated carbocycles. The number of fused-ring (bicyclic) bond motifs is 1. The van der Waals surface area contributed by atoms with Gasteiger partial charge in [-0.25, -0.2) is 18.8 Å². The summed E-state index contributed by atoms with van der Waals surface area (Å²) in [5, 5.41) is 17.9. The van der Waals surface area contributed by atoms with Crippen molar-refractivity contribution in [1.82, 2.24) is 15.7 Å². The number of amidine groups is 1. The lowest BCUT2D eigenvalue weighted by Gasteiger charge is -2.21. The molecule has 470 valence electrons. The fraction of sp³-hybridized carbons (Fsp3) is 0.564. The summed E-state index contributed by atoms with van der Waals surface area (Å²) in [6.07, 6.45) is 1.07. The van der Waals surface area contributed by atoms with Gasteiger partial charge in [0, 0.05) is 30.6 Å². The molecule has 6 N–H and O–H groups in total. The van der Waals surface area contributed by atoms with Crippen LogP contribution in [0, 0.1) is 23.3 Å². The van der Waals surface area contributed by atoms with Crippen LogP contribution in [0.1, 0.15) is 57.4 Å². The van der Waals surface area contributed by atoms with E-state index in [2.05, 4.69) is 20.4 Å². The van der Waals surface area contributed by atoms with E-state index in [4.69, 9.17) is 62.5 Å². The SMILES string of the molecule is CCCN(OCC)C(=O)C1=Cc2ccc(-c3ccc(C(O)N[C@@H](C)C(=O)NCCOCCOCCOCCOCCOCCOCCOCCOCCOCCOCCC(=O)Oc4c(F)c(F)c(S(=O)(=O)O)c(F)c4F)cc3)cc2N=C(N)C1. The van der Waals surface area contributed by atoms with Crippen molar-refractivity contribution in [2.24, 2.45) is 10.7 Å². The number of nitrogens with zero attached hydrogens (tertiary/aromatic N) is 2. The van der Waals surface area contributed by atoms with Crippen molar-refractivity contribution >= 4 is 45.5 Å². The number of carbonyl (C=O) groups is 3. The molecule has 29 heteroatoms. The predicted octanol–water partition coefficient (Wildman–Crippen LogP) is 4.37. The number of hydroxylamine groups is 2. The number of nitrogens with one attached hydrogen (secondary N) is 2. The molecule has 1 aliphatic heterocycles. The van der Waals surface area contributed by atoms with Gasteiger partial charge in [0.2, 0.25) is 23.3 Å². The minimum atomic E-state index is -5.65. The van der Waals surface area contributed by atoms with Gasteiger partial charge in [0.25, 0.3) is 5.91 Å². The molecule has 3 aromatic rings. The van der Waals surface area contributed by atoms with Crippen molar-refractivity contribution in [2.45, 2.75) is 57.2 Å². The van der Waals surface area contributed by atoms with Crippen LogP contribution >= 0.6 is 0 Å². The van der Waals surface area contributed by atoms with E-state index in [9.17, 15) is 45.5 Å². The molecule has 0 aromatic heterocycles. The smallest absolute Gasteiger partial charge is 0.313 e. The average molecular weight is 1220 g/mol. The average Bonchev–Trinajstić information content (AvgIpc) is 3.78. The highest BCUT2D eigenvalue weighted by Crippen LogP contribution is 2.34. The topological polar surface area (TPSA) is 302 Å². The van der Waals surface area contributed by atoms with Gasteiger partial charge in [-0.15, -0.1) is 0 Å². The van der Waals surface area contributed by atoms with Crippen LogP contribution in [0.2, 0.25) is 0 Å². The summed E-state index contributed by atoms with van der Waals surface area (Å²) in [5.41, 5.74) is 10.5. The van der Waals surface area contributed by atoms with Crippen molar-refractivity contribution in [3.8, 4) is 16.9 Å². The first-order chi connectivity index (χ1) is 40.5. The number of hydrogen-bond donors (Lipinski definition) is 5. The zero-order valence-electron chi connectivity index (χ0n) is 47.4. The molecular weight excluding hydrogens is 1140 g/mol. The van der Waals surface area contributed by atoms with Gasteiger partial charge in [-0.2, -0.15) is 17.2 Å². The molecule has 2 atom stereocenters. The molecule has 1 aliphatic rings. The second kappa shape index (κ2) is 39.9. The lowest BCUT2D eigenvalue weighted by molar-refractivity contribution is -0.180. The van der Waals surface area contributed by atoms with E-state index in [0.717, 1.165) is 23.1 Å². The second-order valence-corrected chi connectivity index (χ2v) is 19.3. The Hall–Kier alpha value is -5.61. The van der Waals surface area contributed by atoms with Gasteiger partial charge in [-0.3, -0.25) is 29.1 Å². The fourth-order valence-corrected chi connectivity index (χ4v) is 8.06. The van der Waals surface area contributed by atoms with Gasteiger partial charge in [-0.05, 0) is 49.1 Å². The monoisotopic (exact) mass is 1220 g/mol. The molecule has 2 amide bonds. The lowest BCUT2D eigenvalue weighted by atomic mass is 9.99. The van der Waals surface area contributed by atoms with E-state index in [1.54, 1.807) is 25.1 Å². The first-order valence-corrected chi connectivity index (χ1v) is 28.7. The summed E-state index contributed by atoms with van der Waals surface area (Å²) < 4.78 is 145. The number of esters is 1. The van der Waals surface area contributed by atoms with E-state index in [0.29, 0.717) is 128 Å². The quantitative estimate of drug-likeness (QED) is 0.00767. The summed E-state index contributed by atoms with van der Waals surface area (Å²) in [5.74, 6) is -12.9. The number of nitrogens with two attached hydrogens (primary N) is 1. The number of rotatable bonds is 45. The third-order valence-corrected chi connectivity index (χ3v) is 12.4. The summed E-state index contributed by atoms with van der Waals surface area (Å²) >= 11 is 0. The number of halogens is 4. The van der Waals surface area contributed by atoms with E-state index in [1.165, 1.54) is 5.06 Å². The highest BCUT2D eigenvalue weighted by atomic mass is 32.2. The Morgan fingerprint density at radius 2 is 1.12 bits per heavy atom. The molecule has 0 spiro atoms. The molecule has 84 heavy (non-hydrogen) atoms. The van der Waals surface area contributed by atoms with Crippen molar-refractivity contribution in [3.63, 3.8) is 0 Å². The van der Waals surface area contributed by atoms with Crippen LogP contribution in [0.4, 0.5) is 23.2 Å². The molecule has 3 aromatic carbocycles. The normalized spacial score (nSPS) is 13.2. The minimum absolute atomic E-state index is 0.0139. The number of ether oxygens (including phenoxy) is 11. The Bertz CT molecular complexity index is 2620. The Balaban J connectivity index is 0.871. The highest BCUT2D eigenvalue weighted by Gasteiger charge is 2.34. The van der Waals surface area contributed by atoms with E-state index in [-0.39, 0.29) is 64.4 Å². The molecule has 0 fully saturated rings. The maximum atomic E-state index is 14.0. The zero-order valence-corrected chi connectivity index (χ0v) is 48.2. The first-order valence-electron chi connectivity index (χ1n) is 27.2. The maximum Gasteiger partial charge on any atom is 0.313 e. The second-order valence-electron chi connectivity index (χ2n) is 18.0. The summed E-state index contributed by atoms with van der Waals surface area (Å²) in [7, 11) is -5.65. The Morgan fingerprint density at radius 3 is 1.57 bits per heavy atom. The number of aliphatic hydroxyl groups is 1. The van der Waals surface area contributed by atoms with Crippen LogP contribution in [0.15, 0.2) is 57.9 Å². The molecule has 0 radical (unpaired) electrons. The van der Waals surface area contributed by atoms with E-state index >= 15 is 0 Å². The Labute approximate surface area is 485 Å². The van der Waals surface area contributed by atoms with Gasteiger partial charge in [-0.1, -0.05) is 43.3 Å². The number of aliphatic hydroxyl groups excluding tert-OH is 1. The Morgan fingerprint density at radius 1 is 0.667 bits per heavy atom. The van der Waals surface area contributed by atoms with Gasteiger partial charge >= 0.3 is 16.1 Å². The van der Waals surface area contributed by atoms with Crippen LogP contribution in [0.5, 0.6) is 5.75 Å². The summed E-state index contributed by atoms with van der Waals surface area (Å²) in [6.45, 7) is 12.3. The number of carbonyl (C=O) groups excluding carboxylic acids is 3. The van der Waals surface area contributed by atoms with E-state index < -0.39 is 68.7 Å². The number of amides is 2. The predicted molar refractivity (Wildman–Crippen MR) is 294 cm³/mol. The van der Waals surface area contributed by atoms with Gasteiger partial charge in [0.05, 0.1) is 157 Å². The first kappa shape index (κ1) is 70.9. The summed E-state index contributed by atoms with van der Waals surface area (Å²) in [4.78, 5) is 45.7. The molecule has 24 nitrogen and oxygen atoms in total. The standard InChI is InChI=1S/C55H77F4N5O19S/c1-4-14-64(82-5-2)55(68)43-35-42-11-10-41(36-44(42)63-45(60)37-43)39-6-8-40(9-7-39)54(67)62-38(3)53(66)61-13-16-73-18-20-75-22-24-77-26-28-79-30-32-81-34-33-80-31-29-78-27-25-76-23-21-74-19-17-72-15-12-46(65)83-51-47(56)49(58)52(84(69,70)71)50(59)48(51)57/h6-11,35-36,38,54,62,67H,4-5,12-34,37H2,1-3H3,(H2,60,63)(H,61,66)(H,69,70,71)/t38-,54?/m0/s1. The molecule has 1 heterocycles. The molecular formula is C55H77F4N5O19S. The molecule has 0 saturated heterocycles. The fourth-order valence-electron chi connectivity index (χ4n) is 7.43. The van der Waals surface area contributed by atoms with Crippen LogP contribution in [-0.2, 0) is 76.7 Å². The van der Waals surface area contributed by atoms with Crippen LogP contribution in [-0.4, -0.2) is 205 Å². The van der Waals surface area contributed by atoms with Crippen molar-refractivity contribution in [2.75, 3.05) is 152 Å². The minimum Gasteiger partial charge on any atom is -0.420 e. The Kier molecular flexibility index (Phi) is 33.7. The van der Waals surface area contributed by atoms with Crippen molar-refractivity contribution < 1.29 is 107 Å². The molecule has 1 unspecified atom stereocenters. The van der Waals surface area contributed by atoms with E-state index in [1.807, 2.05) is 44.2 Å². The molecule has 0 bridgehead atoms. The van der Waals surface area contributed by atoms with Crippen LogP contribution in [0.3, 0.4) is 0 Å². The molecule has 0 aliphatic carbocycles. The highest BCUT2D eigenvalue weighted by molar-refractivity contribution is 7.85. The number of hydrogen-bond acceptors (Lipinski definition) is 21. The van der Waals surface area contributed by atoms with Crippen molar-refractivity contribution in [3.05, 3.63) is 82.4 Å². The number of aliphatic imine (C=N–C) groups is 1. The van der Waals surface area contributed by atoms with Crippen molar-refractivity contribution in [1.29, 1.82) is 0 Å². The summed E-state index contributed by atoms with van der Waals surface area (Å²) in [6, 6.07) is 12.3. The maximum absolute atomic E-state index is 14.0. The third-order valence-electron chi connectivity index (χ3n) is 11.6. The van der Waals surface area contributed by atoms with Crippen LogP contribution < -0.4 is 21.1 Å². The molecule has 4 rings (SSSR count). The number of benzene rings is 3. The largest absolute Gasteiger partial charge is 0.420 e. The van der Waals surface area contributed by atoms with Gasteiger partial charge in [0.1, 0.15) is 12.1 Å². The van der Waals surface area contributed by atoms with Crippen LogP contribution in [0.25, 0.3) is 17.2 Å². The van der Waals surface area contributed by atoms with Gasteiger partial charge < -0.3 is 68.3 Å². The zero-order chi connectivity index (χ0) is 61.1. The lowest BCUT2D eigenvalue weighted by Crippen LogP contribution is -2.44. The van der Waals surface area contributed by atoms with Gasteiger partial charge in [0.15, 0.2) is 16.5 Å². The third kappa shape index (κ3) is 25.9.